The highest BCUT2D eigenvalue weighted by Crippen LogP contribution is 2.35. The number of hydrogen-bond donors (Lipinski definition) is 3. The molecule has 0 atom stereocenters. The number of carbonyl (C=O) groups is 2. The van der Waals surface area contributed by atoms with Crippen LogP contribution in [0.2, 0.25) is 0 Å². The van der Waals surface area contributed by atoms with Crippen LogP contribution < -0.4 is 10.6 Å². The van der Waals surface area contributed by atoms with Crippen molar-refractivity contribution in [3.8, 4) is 0 Å². The molecule has 0 aromatic carbocycles. The summed E-state index contributed by atoms with van der Waals surface area (Å²) in [5.74, 6) is -0.908. The minimum Gasteiger partial charge on any atom is -0.481 e. The number of hydrogen-bond acceptors (Lipinski definition) is 3. The summed E-state index contributed by atoms with van der Waals surface area (Å²) in [6.07, 6.45) is 3.33. The Morgan fingerprint density at radius 2 is 1.94 bits per heavy atom. The highest BCUT2D eigenvalue weighted by atomic mass is 16.4. The summed E-state index contributed by atoms with van der Waals surface area (Å²) in [5.41, 5.74) is 0.0874. The summed E-state index contributed by atoms with van der Waals surface area (Å²) in [6, 6.07) is -0.292. The van der Waals surface area contributed by atoms with Gasteiger partial charge in [-0.15, -0.1) is 0 Å². The standard InChI is InChI=1S/C11H21N3O3/c1-14(2)11(5-3-6-11)8-13-10(17)12-7-4-9(15)16/h3-8H2,1-2H3,(H,15,16)(H2,12,13,17). The lowest BCUT2D eigenvalue weighted by atomic mass is 9.75. The van der Waals surface area contributed by atoms with Crippen LogP contribution >= 0.6 is 0 Å². The molecule has 0 aliphatic heterocycles. The molecule has 0 aromatic heterocycles. The fourth-order valence-electron chi connectivity index (χ4n) is 1.96. The summed E-state index contributed by atoms with van der Waals surface area (Å²) in [6.45, 7) is 0.773. The number of aliphatic carboxylic acids is 1. The second kappa shape index (κ2) is 5.86. The van der Waals surface area contributed by atoms with E-state index in [2.05, 4.69) is 15.5 Å². The summed E-state index contributed by atoms with van der Waals surface area (Å²) < 4.78 is 0. The SMILES string of the molecule is CN(C)C1(CNC(=O)NCCC(=O)O)CCC1. The Kier molecular flexibility index (Phi) is 4.74. The van der Waals surface area contributed by atoms with E-state index in [1.165, 1.54) is 6.42 Å². The average molecular weight is 243 g/mol. The molecule has 6 nitrogen and oxygen atoms in total. The van der Waals surface area contributed by atoms with E-state index in [1.54, 1.807) is 0 Å². The van der Waals surface area contributed by atoms with Crippen molar-refractivity contribution in [3.05, 3.63) is 0 Å². The van der Waals surface area contributed by atoms with Gasteiger partial charge in [0.05, 0.1) is 6.42 Å². The highest BCUT2D eigenvalue weighted by Gasteiger charge is 2.39. The molecule has 1 rings (SSSR count). The smallest absolute Gasteiger partial charge is 0.314 e. The van der Waals surface area contributed by atoms with E-state index in [0.717, 1.165) is 12.8 Å². The molecule has 3 N–H and O–H groups in total. The molecular formula is C11H21N3O3. The van der Waals surface area contributed by atoms with Crippen LogP contribution in [-0.2, 0) is 4.79 Å². The molecule has 0 aromatic rings. The van der Waals surface area contributed by atoms with Crippen molar-refractivity contribution in [1.82, 2.24) is 15.5 Å². The third kappa shape index (κ3) is 3.89. The number of rotatable bonds is 6. The van der Waals surface area contributed by atoms with E-state index in [1.807, 2.05) is 14.1 Å². The van der Waals surface area contributed by atoms with Crippen molar-refractivity contribution >= 4 is 12.0 Å². The number of nitrogens with one attached hydrogen (secondary N) is 2. The zero-order chi connectivity index (χ0) is 12.9. The zero-order valence-electron chi connectivity index (χ0n) is 10.5. The van der Waals surface area contributed by atoms with Gasteiger partial charge < -0.3 is 20.6 Å². The van der Waals surface area contributed by atoms with Crippen LogP contribution in [0.5, 0.6) is 0 Å². The first kappa shape index (κ1) is 13.8. The minimum atomic E-state index is -0.908. The molecule has 0 saturated heterocycles. The van der Waals surface area contributed by atoms with E-state index in [9.17, 15) is 9.59 Å². The first-order valence-corrected chi connectivity index (χ1v) is 5.87. The lowest BCUT2D eigenvalue weighted by Gasteiger charge is -2.47. The Bertz CT molecular complexity index is 288. The van der Waals surface area contributed by atoms with Gasteiger partial charge in [0.1, 0.15) is 0 Å². The van der Waals surface area contributed by atoms with Gasteiger partial charge >= 0.3 is 12.0 Å². The molecule has 98 valence electrons. The summed E-state index contributed by atoms with van der Waals surface area (Å²) in [5, 5.41) is 13.7. The van der Waals surface area contributed by atoms with E-state index in [0.29, 0.717) is 6.54 Å². The first-order chi connectivity index (χ1) is 7.96. The molecule has 0 radical (unpaired) electrons. The molecule has 1 aliphatic rings. The van der Waals surface area contributed by atoms with Gasteiger partial charge in [-0.2, -0.15) is 0 Å². The van der Waals surface area contributed by atoms with Gasteiger partial charge in [0.25, 0.3) is 0 Å². The largest absolute Gasteiger partial charge is 0.481 e. The maximum absolute atomic E-state index is 11.4. The lowest BCUT2D eigenvalue weighted by molar-refractivity contribution is -0.136. The fraction of sp³-hybridized carbons (Fsp3) is 0.818. The number of carboxylic acid groups (broad SMARTS) is 1. The highest BCUT2D eigenvalue weighted by molar-refractivity contribution is 5.75. The Balaban J connectivity index is 2.21. The van der Waals surface area contributed by atoms with Crippen molar-refractivity contribution in [2.75, 3.05) is 27.2 Å². The van der Waals surface area contributed by atoms with Gasteiger partial charge in [-0.25, -0.2) is 4.79 Å². The maximum Gasteiger partial charge on any atom is 0.314 e. The van der Waals surface area contributed by atoms with Crippen LogP contribution in [0.1, 0.15) is 25.7 Å². The molecule has 0 unspecified atom stereocenters. The topological polar surface area (TPSA) is 81.7 Å². The first-order valence-electron chi connectivity index (χ1n) is 5.87. The predicted molar refractivity (Wildman–Crippen MR) is 63.9 cm³/mol. The number of carbonyl (C=O) groups excluding carboxylic acids is 1. The Labute approximate surface area is 101 Å². The molecular weight excluding hydrogens is 222 g/mol. The Hall–Kier alpha value is -1.30. The Morgan fingerprint density at radius 1 is 1.29 bits per heavy atom. The maximum atomic E-state index is 11.4. The molecule has 1 fully saturated rings. The molecule has 17 heavy (non-hydrogen) atoms. The number of amides is 2. The molecule has 2 amide bonds. The van der Waals surface area contributed by atoms with Crippen LogP contribution in [0.3, 0.4) is 0 Å². The van der Waals surface area contributed by atoms with E-state index in [4.69, 9.17) is 5.11 Å². The second-order valence-electron chi connectivity index (χ2n) is 4.73. The van der Waals surface area contributed by atoms with Gasteiger partial charge in [-0.1, -0.05) is 0 Å². The van der Waals surface area contributed by atoms with Crippen LogP contribution in [0.25, 0.3) is 0 Å². The number of urea groups is 1. The van der Waals surface area contributed by atoms with Crippen molar-refractivity contribution in [2.45, 2.75) is 31.2 Å². The minimum absolute atomic E-state index is 0.0494. The normalized spacial score (nSPS) is 17.4. The molecule has 1 saturated carbocycles. The number of nitrogens with zero attached hydrogens (tertiary/aromatic N) is 1. The average Bonchev–Trinajstić information content (AvgIpc) is 2.14. The van der Waals surface area contributed by atoms with Crippen molar-refractivity contribution < 1.29 is 14.7 Å². The molecule has 0 heterocycles. The van der Waals surface area contributed by atoms with Gasteiger partial charge in [-0.3, -0.25) is 4.79 Å². The van der Waals surface area contributed by atoms with E-state index >= 15 is 0 Å². The third-order valence-corrected chi connectivity index (χ3v) is 3.44. The number of likely N-dealkylation sites (N-methyl/N-ethyl adjacent to an activating group) is 1. The fourth-order valence-corrected chi connectivity index (χ4v) is 1.96. The van der Waals surface area contributed by atoms with Crippen molar-refractivity contribution in [1.29, 1.82) is 0 Å². The predicted octanol–water partition coefficient (Wildman–Crippen LogP) is 0.245. The van der Waals surface area contributed by atoms with Gasteiger partial charge in [0.15, 0.2) is 0 Å². The molecule has 1 aliphatic carbocycles. The van der Waals surface area contributed by atoms with Gasteiger partial charge in [0.2, 0.25) is 0 Å². The van der Waals surface area contributed by atoms with Crippen molar-refractivity contribution in [3.63, 3.8) is 0 Å². The summed E-state index contributed by atoms with van der Waals surface area (Å²) in [4.78, 5) is 23.8. The summed E-state index contributed by atoms with van der Waals surface area (Å²) >= 11 is 0. The summed E-state index contributed by atoms with van der Waals surface area (Å²) in [7, 11) is 4.03. The van der Waals surface area contributed by atoms with Crippen LogP contribution in [0.4, 0.5) is 4.79 Å². The zero-order valence-corrected chi connectivity index (χ0v) is 10.5. The molecule has 0 spiro atoms. The number of carboxylic acids is 1. The van der Waals surface area contributed by atoms with E-state index < -0.39 is 5.97 Å². The van der Waals surface area contributed by atoms with Crippen LogP contribution in [0.15, 0.2) is 0 Å². The monoisotopic (exact) mass is 243 g/mol. The molecule has 0 bridgehead atoms. The van der Waals surface area contributed by atoms with Crippen molar-refractivity contribution in [2.24, 2.45) is 0 Å². The van der Waals surface area contributed by atoms with Gasteiger partial charge in [0, 0.05) is 18.6 Å². The second-order valence-corrected chi connectivity index (χ2v) is 4.73. The van der Waals surface area contributed by atoms with Crippen LogP contribution in [-0.4, -0.2) is 54.7 Å². The Morgan fingerprint density at radius 3 is 2.35 bits per heavy atom. The van der Waals surface area contributed by atoms with Crippen LogP contribution in [0, 0.1) is 0 Å². The van der Waals surface area contributed by atoms with Gasteiger partial charge in [-0.05, 0) is 33.4 Å². The molecule has 6 heteroatoms. The third-order valence-electron chi connectivity index (χ3n) is 3.44. The van der Waals surface area contributed by atoms with E-state index in [-0.39, 0.29) is 24.5 Å². The lowest BCUT2D eigenvalue weighted by Crippen LogP contribution is -2.58. The quantitative estimate of drug-likeness (QED) is 0.624.